The lowest BCUT2D eigenvalue weighted by Crippen LogP contribution is -2.53. The van der Waals surface area contributed by atoms with Gasteiger partial charge in [0.05, 0.1) is 6.10 Å². The summed E-state index contributed by atoms with van der Waals surface area (Å²) in [5, 5.41) is 6.26. The van der Waals surface area contributed by atoms with Gasteiger partial charge in [-0.3, -0.25) is 4.79 Å². The van der Waals surface area contributed by atoms with Gasteiger partial charge in [-0.1, -0.05) is 18.2 Å². The smallest absolute Gasteiger partial charge is 0.252 e. The summed E-state index contributed by atoms with van der Waals surface area (Å²) >= 11 is 0. The van der Waals surface area contributed by atoms with Crippen LogP contribution in [0.3, 0.4) is 0 Å². The molecule has 0 aliphatic carbocycles. The Morgan fingerprint density at radius 3 is 2.57 bits per heavy atom. The maximum absolute atomic E-state index is 12.6. The normalized spacial score (nSPS) is 16.5. The molecule has 1 fully saturated rings. The molecule has 0 radical (unpaired) electrons. The minimum atomic E-state index is -0.709. The molecule has 0 spiro atoms. The van der Waals surface area contributed by atoms with E-state index >= 15 is 0 Å². The summed E-state index contributed by atoms with van der Waals surface area (Å²) in [5.74, 6) is 0.769. The van der Waals surface area contributed by atoms with Gasteiger partial charge in [0.15, 0.2) is 0 Å². The second-order valence-electron chi connectivity index (χ2n) is 5.91. The fourth-order valence-corrected chi connectivity index (χ4v) is 2.71. The van der Waals surface area contributed by atoms with Gasteiger partial charge in [0.2, 0.25) is 0 Å². The molecule has 0 aromatic heterocycles. The Morgan fingerprint density at radius 2 is 1.96 bits per heavy atom. The summed E-state index contributed by atoms with van der Waals surface area (Å²) in [6.07, 6.45) is 1.49. The molecule has 130 valence electrons. The quantitative estimate of drug-likeness (QED) is 0.832. The zero-order valence-corrected chi connectivity index (χ0v) is 14.9. The average Bonchev–Trinajstić information content (AvgIpc) is 2.54. The number of hydrogen-bond acceptors (Lipinski definition) is 4. The maximum Gasteiger partial charge on any atom is 0.252 e. The fraction of sp³-hybridized carbons (Fsp3) is 0.588. The molecular formula is C17H27ClN2O3. The molecule has 0 unspecified atom stereocenters. The van der Waals surface area contributed by atoms with E-state index in [9.17, 15) is 4.79 Å². The van der Waals surface area contributed by atoms with E-state index in [1.807, 2.05) is 38.1 Å². The molecule has 1 aliphatic rings. The monoisotopic (exact) mass is 342 g/mol. The number of rotatable bonds is 6. The number of hydrogen-bond donors (Lipinski definition) is 2. The minimum Gasteiger partial charge on any atom is -0.491 e. The number of amides is 1. The van der Waals surface area contributed by atoms with Crippen LogP contribution in [0.1, 0.15) is 32.3 Å². The molecule has 2 rings (SSSR count). The van der Waals surface area contributed by atoms with E-state index in [2.05, 4.69) is 10.6 Å². The van der Waals surface area contributed by atoms with E-state index in [0.29, 0.717) is 19.4 Å². The molecule has 0 saturated carbocycles. The highest BCUT2D eigenvalue weighted by molar-refractivity contribution is 5.85. The van der Waals surface area contributed by atoms with Crippen LogP contribution in [0.25, 0.3) is 0 Å². The van der Waals surface area contributed by atoms with E-state index in [1.165, 1.54) is 0 Å². The second-order valence-corrected chi connectivity index (χ2v) is 5.91. The molecular weight excluding hydrogens is 316 g/mol. The minimum absolute atomic E-state index is 0. The van der Waals surface area contributed by atoms with Crippen molar-refractivity contribution >= 4 is 18.3 Å². The van der Waals surface area contributed by atoms with Crippen LogP contribution in [0.4, 0.5) is 0 Å². The third-order valence-corrected chi connectivity index (χ3v) is 3.99. The van der Waals surface area contributed by atoms with Gasteiger partial charge in [0, 0.05) is 19.2 Å². The van der Waals surface area contributed by atoms with Gasteiger partial charge in [-0.05, 0) is 45.8 Å². The zero-order chi connectivity index (χ0) is 16.0. The van der Waals surface area contributed by atoms with Crippen molar-refractivity contribution in [2.24, 2.45) is 0 Å². The van der Waals surface area contributed by atoms with Gasteiger partial charge < -0.3 is 20.1 Å². The Morgan fingerprint density at radius 1 is 1.30 bits per heavy atom. The highest BCUT2D eigenvalue weighted by Crippen LogP contribution is 2.24. The van der Waals surface area contributed by atoms with Crippen LogP contribution < -0.4 is 15.4 Å². The summed E-state index contributed by atoms with van der Waals surface area (Å²) in [4.78, 5) is 12.6. The first-order valence-electron chi connectivity index (χ1n) is 7.86. The lowest BCUT2D eigenvalue weighted by molar-refractivity contribution is -0.146. The van der Waals surface area contributed by atoms with E-state index in [1.54, 1.807) is 7.11 Å². The predicted molar refractivity (Wildman–Crippen MR) is 93.1 cm³/mol. The number of carbonyl (C=O) groups is 1. The van der Waals surface area contributed by atoms with Crippen molar-refractivity contribution in [3.63, 3.8) is 0 Å². The summed E-state index contributed by atoms with van der Waals surface area (Å²) in [6.45, 7) is 6.03. The first kappa shape index (κ1) is 19.7. The molecule has 1 aromatic carbocycles. The molecule has 1 heterocycles. The second kappa shape index (κ2) is 9.11. The molecule has 0 atom stereocenters. The van der Waals surface area contributed by atoms with Crippen LogP contribution >= 0.6 is 12.4 Å². The van der Waals surface area contributed by atoms with Crippen LogP contribution in [0, 0.1) is 0 Å². The number of benzene rings is 1. The van der Waals surface area contributed by atoms with Gasteiger partial charge in [-0.15, -0.1) is 12.4 Å². The zero-order valence-electron chi connectivity index (χ0n) is 14.1. The van der Waals surface area contributed by atoms with E-state index in [4.69, 9.17) is 9.47 Å². The number of ether oxygens (including phenoxy) is 2. The van der Waals surface area contributed by atoms with Gasteiger partial charge in [-0.25, -0.2) is 0 Å². The third-order valence-electron chi connectivity index (χ3n) is 3.99. The summed E-state index contributed by atoms with van der Waals surface area (Å²) in [5.41, 5.74) is 0.267. The van der Waals surface area contributed by atoms with Crippen molar-refractivity contribution in [3.05, 3.63) is 29.8 Å². The fourth-order valence-electron chi connectivity index (χ4n) is 2.71. The molecule has 5 nitrogen and oxygen atoms in total. The van der Waals surface area contributed by atoms with Crippen LogP contribution in [0.5, 0.6) is 5.75 Å². The van der Waals surface area contributed by atoms with Crippen LogP contribution in [0.15, 0.2) is 24.3 Å². The van der Waals surface area contributed by atoms with Crippen molar-refractivity contribution in [3.8, 4) is 5.75 Å². The predicted octanol–water partition coefficient (Wildman–Crippen LogP) is 2.28. The molecule has 1 aromatic rings. The number of nitrogens with one attached hydrogen (secondary N) is 2. The first-order valence-corrected chi connectivity index (χ1v) is 7.86. The maximum atomic E-state index is 12.6. The number of piperidine rings is 1. The summed E-state index contributed by atoms with van der Waals surface area (Å²) in [6, 6.07) is 7.79. The van der Waals surface area contributed by atoms with Gasteiger partial charge in [0.25, 0.3) is 5.91 Å². The van der Waals surface area contributed by atoms with Gasteiger partial charge in [0.1, 0.15) is 11.4 Å². The van der Waals surface area contributed by atoms with Gasteiger partial charge in [-0.2, -0.15) is 0 Å². The average molecular weight is 343 g/mol. The van der Waals surface area contributed by atoms with Crippen molar-refractivity contribution in [2.45, 2.75) is 44.9 Å². The van der Waals surface area contributed by atoms with Crippen molar-refractivity contribution in [2.75, 3.05) is 20.2 Å². The van der Waals surface area contributed by atoms with E-state index < -0.39 is 5.60 Å². The van der Waals surface area contributed by atoms with Crippen LogP contribution in [-0.2, 0) is 16.1 Å². The third kappa shape index (κ3) is 5.09. The Kier molecular flexibility index (Phi) is 7.82. The lowest BCUT2D eigenvalue weighted by Gasteiger charge is -2.34. The summed E-state index contributed by atoms with van der Waals surface area (Å²) < 4.78 is 11.3. The van der Waals surface area contributed by atoms with Crippen LogP contribution in [0.2, 0.25) is 0 Å². The lowest BCUT2D eigenvalue weighted by atomic mass is 9.91. The SMILES string of the molecule is COC1(C(=O)NCc2ccccc2OC(C)C)CCNCC1.Cl. The highest BCUT2D eigenvalue weighted by Gasteiger charge is 2.39. The molecule has 0 bridgehead atoms. The Hall–Kier alpha value is -1.30. The van der Waals surface area contributed by atoms with Crippen molar-refractivity contribution in [1.29, 1.82) is 0 Å². The first-order chi connectivity index (χ1) is 10.6. The Labute approximate surface area is 144 Å². The largest absolute Gasteiger partial charge is 0.491 e. The molecule has 1 aliphatic heterocycles. The molecule has 1 amide bonds. The highest BCUT2D eigenvalue weighted by atomic mass is 35.5. The van der Waals surface area contributed by atoms with E-state index in [0.717, 1.165) is 24.4 Å². The number of methoxy groups -OCH3 is 1. The molecule has 6 heteroatoms. The van der Waals surface area contributed by atoms with E-state index in [-0.39, 0.29) is 24.4 Å². The van der Waals surface area contributed by atoms with Crippen LogP contribution in [-0.4, -0.2) is 37.8 Å². The number of para-hydroxylation sites is 1. The standard InChI is InChI=1S/C17H26N2O3.ClH/c1-13(2)22-15-7-5-4-6-14(15)12-19-16(20)17(21-3)8-10-18-11-9-17;/h4-7,13,18H,8-12H2,1-3H3,(H,19,20);1H. The Balaban J connectivity index is 0.00000264. The Bertz CT molecular complexity index is 502. The number of carbonyl (C=O) groups excluding carboxylic acids is 1. The molecule has 1 saturated heterocycles. The van der Waals surface area contributed by atoms with Gasteiger partial charge >= 0.3 is 0 Å². The summed E-state index contributed by atoms with van der Waals surface area (Å²) in [7, 11) is 1.61. The molecule has 2 N–H and O–H groups in total. The van der Waals surface area contributed by atoms with Crippen molar-refractivity contribution < 1.29 is 14.3 Å². The number of halogens is 1. The molecule has 23 heavy (non-hydrogen) atoms. The topological polar surface area (TPSA) is 59.6 Å². The van der Waals surface area contributed by atoms with Crippen molar-refractivity contribution in [1.82, 2.24) is 10.6 Å².